The zero-order valence-corrected chi connectivity index (χ0v) is 16.6. The summed E-state index contributed by atoms with van der Waals surface area (Å²) in [6.07, 6.45) is 7.75. The molecule has 0 aliphatic carbocycles. The summed E-state index contributed by atoms with van der Waals surface area (Å²) in [6, 6.07) is 3.59. The fourth-order valence-electron chi connectivity index (χ4n) is 3.52. The molecule has 1 aliphatic heterocycles. The summed E-state index contributed by atoms with van der Waals surface area (Å²) in [6.45, 7) is 5.46. The van der Waals surface area contributed by atoms with E-state index in [1.165, 1.54) is 0 Å². The molecule has 1 unspecified atom stereocenters. The Kier molecular flexibility index (Phi) is 5.39. The summed E-state index contributed by atoms with van der Waals surface area (Å²) < 4.78 is 1.69. The third-order valence-corrected chi connectivity index (χ3v) is 5.29. The van der Waals surface area contributed by atoms with E-state index in [0.29, 0.717) is 17.0 Å². The fraction of sp³-hybridized carbons (Fsp3) is 0.450. The van der Waals surface area contributed by atoms with E-state index in [9.17, 15) is 9.90 Å². The Bertz CT molecular complexity index is 981. The van der Waals surface area contributed by atoms with Crippen LogP contribution in [0.4, 0.5) is 5.82 Å². The number of fused-ring (bicyclic) bond motifs is 1. The molecule has 1 atom stereocenters. The van der Waals surface area contributed by atoms with Gasteiger partial charge in [0.05, 0.1) is 11.8 Å². The summed E-state index contributed by atoms with van der Waals surface area (Å²) in [4.78, 5) is 23.4. The van der Waals surface area contributed by atoms with E-state index >= 15 is 0 Å². The van der Waals surface area contributed by atoms with Crippen molar-refractivity contribution in [1.29, 1.82) is 0 Å². The lowest BCUT2D eigenvalue weighted by atomic mass is 10.0. The summed E-state index contributed by atoms with van der Waals surface area (Å²) in [7, 11) is 0. The molecule has 0 aromatic carbocycles. The molecule has 1 saturated heterocycles. The largest absolute Gasteiger partial charge is 0.385 e. The second-order valence-corrected chi connectivity index (χ2v) is 7.69. The summed E-state index contributed by atoms with van der Waals surface area (Å²) >= 11 is 0. The van der Waals surface area contributed by atoms with E-state index in [2.05, 4.69) is 30.4 Å². The standard InChI is InChI=1S/C20H25N7O2/c1-13(2)18(28)19-25-24-16-4-3-14(12-27(16)19)20(29)23-15-5-9-26(10-6-15)17-11-21-7-8-22-17/h3-4,7-8,11-13,15,18,28H,5-6,9-10H2,1-2H3,(H,23,29). The van der Waals surface area contributed by atoms with Crippen molar-refractivity contribution in [3.05, 3.63) is 48.3 Å². The third-order valence-electron chi connectivity index (χ3n) is 5.29. The van der Waals surface area contributed by atoms with Gasteiger partial charge in [0.15, 0.2) is 11.5 Å². The van der Waals surface area contributed by atoms with Gasteiger partial charge in [-0.25, -0.2) is 4.98 Å². The Morgan fingerprint density at radius 1 is 1.21 bits per heavy atom. The smallest absolute Gasteiger partial charge is 0.253 e. The van der Waals surface area contributed by atoms with Crippen molar-refractivity contribution in [3.63, 3.8) is 0 Å². The monoisotopic (exact) mass is 395 g/mol. The number of aliphatic hydroxyl groups is 1. The van der Waals surface area contributed by atoms with Crippen LogP contribution >= 0.6 is 0 Å². The highest BCUT2D eigenvalue weighted by atomic mass is 16.3. The van der Waals surface area contributed by atoms with Crippen LogP contribution in [0.2, 0.25) is 0 Å². The average molecular weight is 395 g/mol. The molecule has 0 saturated carbocycles. The van der Waals surface area contributed by atoms with E-state index in [0.717, 1.165) is 31.7 Å². The van der Waals surface area contributed by atoms with Crippen molar-refractivity contribution >= 4 is 17.4 Å². The molecule has 0 bridgehead atoms. The molecule has 9 heteroatoms. The van der Waals surface area contributed by atoms with E-state index < -0.39 is 6.10 Å². The number of piperidine rings is 1. The highest BCUT2D eigenvalue weighted by Gasteiger charge is 2.23. The van der Waals surface area contributed by atoms with Crippen molar-refractivity contribution in [3.8, 4) is 0 Å². The number of aliphatic hydroxyl groups excluding tert-OH is 1. The van der Waals surface area contributed by atoms with Crippen LogP contribution in [0.3, 0.4) is 0 Å². The molecule has 2 N–H and O–H groups in total. The van der Waals surface area contributed by atoms with E-state index in [1.54, 1.807) is 41.3 Å². The number of nitrogens with one attached hydrogen (secondary N) is 1. The fourth-order valence-corrected chi connectivity index (χ4v) is 3.52. The molecule has 3 aromatic rings. The summed E-state index contributed by atoms with van der Waals surface area (Å²) in [5, 5.41) is 21.6. The van der Waals surface area contributed by atoms with E-state index in [1.807, 2.05) is 13.8 Å². The number of amides is 1. The molecule has 29 heavy (non-hydrogen) atoms. The van der Waals surface area contributed by atoms with Gasteiger partial charge in [-0.15, -0.1) is 10.2 Å². The molecule has 152 valence electrons. The Balaban J connectivity index is 1.42. The Labute approximate surface area is 168 Å². The van der Waals surface area contributed by atoms with Crippen molar-refractivity contribution in [1.82, 2.24) is 29.9 Å². The number of hydrogen-bond acceptors (Lipinski definition) is 7. The van der Waals surface area contributed by atoms with Gasteiger partial charge in [0.2, 0.25) is 0 Å². The SMILES string of the molecule is CC(C)C(O)c1nnc2ccc(C(=O)NC3CCN(c4cnccn4)CC3)cn12. The number of carbonyl (C=O) groups is 1. The zero-order valence-electron chi connectivity index (χ0n) is 16.6. The van der Waals surface area contributed by atoms with Crippen LogP contribution in [0.1, 0.15) is 49.0 Å². The number of pyridine rings is 1. The van der Waals surface area contributed by atoms with Crippen molar-refractivity contribution in [2.24, 2.45) is 5.92 Å². The van der Waals surface area contributed by atoms with Crippen LogP contribution in [0.15, 0.2) is 36.9 Å². The van der Waals surface area contributed by atoms with Crippen LogP contribution in [-0.2, 0) is 0 Å². The highest BCUT2D eigenvalue weighted by Crippen LogP contribution is 2.21. The first-order valence-corrected chi connectivity index (χ1v) is 9.87. The molecule has 1 fully saturated rings. The predicted molar refractivity (Wildman–Crippen MR) is 108 cm³/mol. The molecule has 1 aliphatic rings. The maximum atomic E-state index is 12.8. The minimum atomic E-state index is -0.742. The van der Waals surface area contributed by atoms with Crippen LogP contribution < -0.4 is 10.2 Å². The van der Waals surface area contributed by atoms with Gasteiger partial charge >= 0.3 is 0 Å². The van der Waals surface area contributed by atoms with Crippen LogP contribution in [0.5, 0.6) is 0 Å². The van der Waals surface area contributed by atoms with Gasteiger partial charge in [-0.3, -0.25) is 14.2 Å². The maximum absolute atomic E-state index is 12.8. The minimum Gasteiger partial charge on any atom is -0.385 e. The molecule has 4 heterocycles. The topological polar surface area (TPSA) is 109 Å². The molecule has 0 radical (unpaired) electrons. The molecule has 3 aromatic heterocycles. The van der Waals surface area contributed by atoms with Crippen molar-refractivity contribution in [2.45, 2.75) is 38.8 Å². The number of carbonyl (C=O) groups excluding carboxylic acids is 1. The quantitative estimate of drug-likeness (QED) is 0.675. The number of rotatable bonds is 5. The lowest BCUT2D eigenvalue weighted by Gasteiger charge is -2.32. The first-order valence-electron chi connectivity index (χ1n) is 9.87. The first-order chi connectivity index (χ1) is 14.0. The van der Waals surface area contributed by atoms with Gasteiger partial charge in [-0.05, 0) is 30.9 Å². The Morgan fingerprint density at radius 3 is 2.69 bits per heavy atom. The minimum absolute atomic E-state index is 0.000582. The lowest BCUT2D eigenvalue weighted by molar-refractivity contribution is 0.0930. The summed E-state index contributed by atoms with van der Waals surface area (Å²) in [5.74, 6) is 1.18. The molecule has 9 nitrogen and oxygen atoms in total. The Morgan fingerprint density at radius 2 is 2.00 bits per heavy atom. The third kappa shape index (κ3) is 4.04. The predicted octanol–water partition coefficient (Wildman–Crippen LogP) is 1.61. The van der Waals surface area contributed by atoms with Crippen LogP contribution in [0, 0.1) is 5.92 Å². The molecule has 1 amide bonds. The van der Waals surface area contributed by atoms with Gasteiger partial charge in [0.25, 0.3) is 5.91 Å². The van der Waals surface area contributed by atoms with E-state index in [4.69, 9.17) is 0 Å². The van der Waals surface area contributed by atoms with Gasteiger partial charge in [0.1, 0.15) is 11.9 Å². The number of nitrogens with zero attached hydrogens (tertiary/aromatic N) is 6. The van der Waals surface area contributed by atoms with Crippen molar-refractivity contribution < 1.29 is 9.90 Å². The summed E-state index contributed by atoms with van der Waals surface area (Å²) in [5.41, 5.74) is 1.12. The highest BCUT2D eigenvalue weighted by molar-refractivity contribution is 5.94. The zero-order chi connectivity index (χ0) is 20.4. The second kappa shape index (κ2) is 8.12. The van der Waals surface area contributed by atoms with Crippen LogP contribution in [0.25, 0.3) is 5.65 Å². The van der Waals surface area contributed by atoms with Gasteiger partial charge in [-0.1, -0.05) is 13.8 Å². The average Bonchev–Trinajstić information content (AvgIpc) is 3.17. The number of hydrogen-bond donors (Lipinski definition) is 2. The first kappa shape index (κ1) is 19.3. The molecule has 4 rings (SSSR count). The van der Waals surface area contributed by atoms with E-state index in [-0.39, 0.29) is 17.9 Å². The van der Waals surface area contributed by atoms with Crippen molar-refractivity contribution in [2.75, 3.05) is 18.0 Å². The molecule has 0 spiro atoms. The normalized spacial score (nSPS) is 16.3. The molecular formula is C20H25N7O2. The van der Waals surface area contributed by atoms with Crippen LogP contribution in [-0.4, -0.2) is 54.7 Å². The number of aromatic nitrogens is 5. The number of anilines is 1. The molecular weight excluding hydrogens is 370 g/mol. The Hall–Kier alpha value is -3.07. The maximum Gasteiger partial charge on any atom is 0.253 e. The second-order valence-electron chi connectivity index (χ2n) is 7.69. The van der Waals surface area contributed by atoms with Gasteiger partial charge in [-0.2, -0.15) is 0 Å². The lowest BCUT2D eigenvalue weighted by Crippen LogP contribution is -2.45. The van der Waals surface area contributed by atoms with Gasteiger partial charge in [0, 0.05) is 37.7 Å². The van der Waals surface area contributed by atoms with Gasteiger partial charge < -0.3 is 15.3 Å².